The summed E-state index contributed by atoms with van der Waals surface area (Å²) >= 11 is 1.67. The molecule has 1 atom stereocenters. The van der Waals surface area contributed by atoms with Gasteiger partial charge < -0.3 is 15.4 Å². The smallest absolute Gasteiger partial charge is 0.407 e. The van der Waals surface area contributed by atoms with Crippen molar-refractivity contribution in [1.82, 2.24) is 10.6 Å². The highest BCUT2D eigenvalue weighted by molar-refractivity contribution is 7.98. The van der Waals surface area contributed by atoms with E-state index in [-0.39, 0.29) is 18.5 Å². The molecular formula is C22H28N2O3S. The summed E-state index contributed by atoms with van der Waals surface area (Å²) in [5.74, 6) is -0.177. The minimum atomic E-state index is -0.568. The second-order valence-corrected chi connectivity index (χ2v) is 8.36. The Morgan fingerprint density at radius 2 is 1.82 bits per heavy atom. The first-order chi connectivity index (χ1) is 13.2. The molecule has 28 heavy (non-hydrogen) atoms. The monoisotopic (exact) mass is 400 g/mol. The molecule has 1 unspecified atom stereocenters. The quantitative estimate of drug-likeness (QED) is 0.675. The molecule has 0 aliphatic rings. The van der Waals surface area contributed by atoms with Gasteiger partial charge in [-0.3, -0.25) is 4.79 Å². The van der Waals surface area contributed by atoms with Crippen LogP contribution in [0.2, 0.25) is 0 Å². The number of hydrogen-bond donors (Lipinski definition) is 2. The standard InChI is InChI=1S/C22H28N2O3S/c1-15(16-10-8-11-18(13-16)28-5)24-20(25)19-12-7-6-9-17(19)14-23-21(26)27-22(2,3)4/h6-13,15H,14H2,1-5H3,(H,23,26)(H,24,25). The summed E-state index contributed by atoms with van der Waals surface area (Å²) in [6.07, 6.45) is 1.51. The lowest BCUT2D eigenvalue weighted by Gasteiger charge is -2.20. The van der Waals surface area contributed by atoms with Crippen molar-refractivity contribution < 1.29 is 14.3 Å². The van der Waals surface area contributed by atoms with Gasteiger partial charge in [0, 0.05) is 17.0 Å². The molecule has 0 saturated heterocycles. The number of thioether (sulfide) groups is 1. The summed E-state index contributed by atoms with van der Waals surface area (Å²) < 4.78 is 5.25. The summed E-state index contributed by atoms with van der Waals surface area (Å²) in [5.41, 5.74) is 1.74. The van der Waals surface area contributed by atoms with Crippen molar-refractivity contribution in [2.75, 3.05) is 6.26 Å². The number of hydrogen-bond acceptors (Lipinski definition) is 4. The van der Waals surface area contributed by atoms with E-state index in [4.69, 9.17) is 4.74 Å². The summed E-state index contributed by atoms with van der Waals surface area (Å²) in [6.45, 7) is 7.60. The van der Waals surface area contributed by atoms with Gasteiger partial charge in [0.2, 0.25) is 0 Å². The van der Waals surface area contributed by atoms with Crippen LogP contribution >= 0.6 is 11.8 Å². The first-order valence-electron chi connectivity index (χ1n) is 9.19. The number of ether oxygens (including phenoxy) is 1. The lowest BCUT2D eigenvalue weighted by molar-refractivity contribution is 0.0522. The Morgan fingerprint density at radius 1 is 1.11 bits per heavy atom. The van der Waals surface area contributed by atoms with E-state index in [0.29, 0.717) is 5.56 Å². The number of nitrogens with one attached hydrogen (secondary N) is 2. The fourth-order valence-electron chi connectivity index (χ4n) is 2.65. The van der Waals surface area contributed by atoms with E-state index in [1.54, 1.807) is 38.6 Å². The van der Waals surface area contributed by atoms with Crippen molar-refractivity contribution in [1.29, 1.82) is 0 Å². The van der Waals surface area contributed by atoms with Crippen LogP contribution in [-0.2, 0) is 11.3 Å². The van der Waals surface area contributed by atoms with Crippen LogP contribution in [0.4, 0.5) is 4.79 Å². The van der Waals surface area contributed by atoms with E-state index in [0.717, 1.165) is 16.0 Å². The minimum absolute atomic E-state index is 0.133. The summed E-state index contributed by atoms with van der Waals surface area (Å²) in [4.78, 5) is 25.9. The van der Waals surface area contributed by atoms with E-state index < -0.39 is 11.7 Å². The first kappa shape index (κ1) is 21.8. The Labute approximate surface area is 171 Å². The van der Waals surface area contributed by atoms with E-state index in [2.05, 4.69) is 16.7 Å². The average molecular weight is 401 g/mol. The SMILES string of the molecule is CSc1cccc(C(C)NC(=O)c2ccccc2CNC(=O)OC(C)(C)C)c1. The number of rotatable bonds is 6. The van der Waals surface area contributed by atoms with Crippen LogP contribution in [0.5, 0.6) is 0 Å². The molecule has 0 saturated carbocycles. The molecule has 2 N–H and O–H groups in total. The molecule has 0 fully saturated rings. The Balaban J connectivity index is 2.06. The van der Waals surface area contributed by atoms with Crippen LogP contribution in [0.25, 0.3) is 0 Å². The third-order valence-corrected chi connectivity index (χ3v) is 4.75. The zero-order chi connectivity index (χ0) is 20.7. The van der Waals surface area contributed by atoms with Gasteiger partial charge in [-0.1, -0.05) is 30.3 Å². The topological polar surface area (TPSA) is 67.4 Å². The van der Waals surface area contributed by atoms with Crippen LogP contribution in [0.3, 0.4) is 0 Å². The molecule has 2 amide bonds. The van der Waals surface area contributed by atoms with Gasteiger partial charge in [-0.25, -0.2) is 4.79 Å². The molecule has 2 rings (SSSR count). The van der Waals surface area contributed by atoms with Gasteiger partial charge >= 0.3 is 6.09 Å². The largest absolute Gasteiger partial charge is 0.444 e. The average Bonchev–Trinajstić information content (AvgIpc) is 2.65. The molecule has 0 spiro atoms. The molecule has 0 aromatic heterocycles. The summed E-state index contributed by atoms with van der Waals surface area (Å²) in [6, 6.07) is 15.2. The molecule has 0 aliphatic carbocycles. The maximum atomic E-state index is 12.8. The normalized spacial score (nSPS) is 12.2. The molecule has 2 aromatic carbocycles. The molecule has 0 aliphatic heterocycles. The van der Waals surface area contributed by atoms with Crippen molar-refractivity contribution in [2.24, 2.45) is 0 Å². The Bertz CT molecular complexity index is 831. The maximum Gasteiger partial charge on any atom is 0.407 e. The predicted octanol–water partition coefficient (Wildman–Crippen LogP) is 4.92. The first-order valence-corrected chi connectivity index (χ1v) is 10.4. The van der Waals surface area contributed by atoms with Gasteiger partial charge in [0.15, 0.2) is 0 Å². The predicted molar refractivity (Wildman–Crippen MR) is 114 cm³/mol. The van der Waals surface area contributed by atoms with Gasteiger partial charge in [-0.15, -0.1) is 11.8 Å². The van der Waals surface area contributed by atoms with Gasteiger partial charge in [0.05, 0.1) is 6.04 Å². The van der Waals surface area contributed by atoms with E-state index in [9.17, 15) is 9.59 Å². The zero-order valence-corrected chi connectivity index (χ0v) is 17.9. The highest BCUT2D eigenvalue weighted by Gasteiger charge is 2.18. The molecule has 0 radical (unpaired) electrons. The summed E-state index contributed by atoms with van der Waals surface area (Å²) in [7, 11) is 0. The number of carbonyl (C=O) groups is 2. The van der Waals surface area contributed by atoms with Crippen LogP contribution in [0.15, 0.2) is 53.4 Å². The lowest BCUT2D eigenvalue weighted by atomic mass is 10.0. The second-order valence-electron chi connectivity index (χ2n) is 7.48. The lowest BCUT2D eigenvalue weighted by Crippen LogP contribution is -2.33. The highest BCUT2D eigenvalue weighted by atomic mass is 32.2. The van der Waals surface area contributed by atoms with Crippen molar-refractivity contribution in [3.05, 3.63) is 65.2 Å². The number of benzene rings is 2. The molecule has 6 heteroatoms. The van der Waals surface area contributed by atoms with Crippen molar-refractivity contribution >= 4 is 23.8 Å². The van der Waals surface area contributed by atoms with E-state index in [1.807, 2.05) is 49.6 Å². The van der Waals surface area contributed by atoms with Crippen LogP contribution < -0.4 is 10.6 Å². The van der Waals surface area contributed by atoms with Crippen molar-refractivity contribution in [2.45, 2.75) is 50.8 Å². The number of carbonyl (C=O) groups excluding carboxylic acids is 2. The maximum absolute atomic E-state index is 12.8. The van der Waals surface area contributed by atoms with Crippen molar-refractivity contribution in [3.8, 4) is 0 Å². The van der Waals surface area contributed by atoms with Gasteiger partial charge in [0.1, 0.15) is 5.60 Å². The van der Waals surface area contributed by atoms with Gasteiger partial charge in [-0.2, -0.15) is 0 Å². The molecular weight excluding hydrogens is 372 g/mol. The molecule has 150 valence electrons. The third kappa shape index (κ3) is 6.60. The van der Waals surface area contributed by atoms with Crippen LogP contribution in [0, 0.1) is 0 Å². The van der Waals surface area contributed by atoms with Gasteiger partial charge in [0.25, 0.3) is 5.91 Å². The van der Waals surface area contributed by atoms with E-state index in [1.165, 1.54) is 0 Å². The van der Waals surface area contributed by atoms with E-state index >= 15 is 0 Å². The van der Waals surface area contributed by atoms with Gasteiger partial charge in [-0.05, 0) is 63.3 Å². The Morgan fingerprint density at radius 3 is 2.50 bits per heavy atom. The number of amides is 2. The minimum Gasteiger partial charge on any atom is -0.444 e. The fourth-order valence-corrected chi connectivity index (χ4v) is 3.11. The Hall–Kier alpha value is -2.47. The molecule has 0 heterocycles. The highest BCUT2D eigenvalue weighted by Crippen LogP contribution is 2.21. The number of alkyl carbamates (subject to hydrolysis) is 1. The molecule has 0 bridgehead atoms. The molecule has 5 nitrogen and oxygen atoms in total. The fraction of sp³-hybridized carbons (Fsp3) is 0.364. The van der Waals surface area contributed by atoms with Crippen molar-refractivity contribution in [3.63, 3.8) is 0 Å². The summed E-state index contributed by atoms with van der Waals surface area (Å²) in [5, 5.41) is 5.74. The third-order valence-electron chi connectivity index (χ3n) is 4.03. The molecule has 2 aromatic rings. The van der Waals surface area contributed by atoms with Crippen LogP contribution in [-0.4, -0.2) is 23.9 Å². The Kier molecular flexibility index (Phi) is 7.52. The second kappa shape index (κ2) is 9.64. The zero-order valence-electron chi connectivity index (χ0n) is 17.0. The van der Waals surface area contributed by atoms with Crippen LogP contribution in [0.1, 0.15) is 55.2 Å².